The van der Waals surface area contributed by atoms with Crippen molar-refractivity contribution in [3.05, 3.63) is 67.5 Å². The van der Waals surface area contributed by atoms with Crippen LogP contribution in [-0.4, -0.2) is 9.55 Å². The van der Waals surface area contributed by atoms with Crippen molar-refractivity contribution in [1.82, 2.24) is 9.55 Å². The maximum absolute atomic E-state index is 13.4. The molecule has 0 bridgehead atoms. The standard InChI is InChI=1S/C11H7ClF2N2O2/c12-8-5-16(11(18)15-10(8)17)4-6-1-2-7(13)3-9(6)14/h1-3,5H,4H2,(H,15,17,18). The molecule has 0 spiro atoms. The summed E-state index contributed by atoms with van der Waals surface area (Å²) in [5.41, 5.74) is -1.31. The summed E-state index contributed by atoms with van der Waals surface area (Å²) in [5.74, 6) is -1.48. The van der Waals surface area contributed by atoms with Crippen molar-refractivity contribution >= 4 is 11.6 Å². The molecule has 0 aliphatic heterocycles. The highest BCUT2D eigenvalue weighted by Crippen LogP contribution is 2.10. The van der Waals surface area contributed by atoms with Crippen LogP contribution < -0.4 is 11.2 Å². The highest BCUT2D eigenvalue weighted by Gasteiger charge is 2.07. The lowest BCUT2D eigenvalue weighted by molar-refractivity contribution is 0.562. The summed E-state index contributed by atoms with van der Waals surface area (Å²) >= 11 is 5.56. The largest absolute Gasteiger partial charge is 0.328 e. The van der Waals surface area contributed by atoms with E-state index >= 15 is 0 Å². The molecule has 0 amide bonds. The Labute approximate surface area is 104 Å². The molecule has 7 heteroatoms. The smallest absolute Gasteiger partial charge is 0.295 e. The summed E-state index contributed by atoms with van der Waals surface area (Å²) in [5, 5.41) is -0.183. The lowest BCUT2D eigenvalue weighted by atomic mass is 10.2. The molecule has 2 rings (SSSR count). The molecule has 0 fully saturated rings. The summed E-state index contributed by atoms with van der Waals surface area (Å²) < 4.78 is 27.1. The highest BCUT2D eigenvalue weighted by atomic mass is 35.5. The van der Waals surface area contributed by atoms with Gasteiger partial charge in [-0.15, -0.1) is 0 Å². The quantitative estimate of drug-likeness (QED) is 0.901. The van der Waals surface area contributed by atoms with Crippen LogP contribution >= 0.6 is 11.6 Å². The van der Waals surface area contributed by atoms with Crippen molar-refractivity contribution in [2.45, 2.75) is 6.54 Å². The fraction of sp³-hybridized carbons (Fsp3) is 0.0909. The monoisotopic (exact) mass is 272 g/mol. The first kappa shape index (κ1) is 12.5. The molecule has 0 atom stereocenters. The van der Waals surface area contributed by atoms with E-state index in [1.54, 1.807) is 0 Å². The van der Waals surface area contributed by atoms with Gasteiger partial charge in [0.05, 0.1) is 6.54 Å². The second-order valence-corrected chi connectivity index (χ2v) is 4.01. The van der Waals surface area contributed by atoms with Crippen molar-refractivity contribution in [2.24, 2.45) is 0 Å². The Hall–Kier alpha value is -1.95. The van der Waals surface area contributed by atoms with Gasteiger partial charge < -0.3 is 0 Å². The third-order valence-corrected chi connectivity index (χ3v) is 2.59. The number of rotatable bonds is 2. The number of aromatic amines is 1. The van der Waals surface area contributed by atoms with Gasteiger partial charge in [0, 0.05) is 17.8 Å². The van der Waals surface area contributed by atoms with Crippen LogP contribution in [0.15, 0.2) is 34.0 Å². The van der Waals surface area contributed by atoms with Gasteiger partial charge in [-0.2, -0.15) is 0 Å². The van der Waals surface area contributed by atoms with Gasteiger partial charge in [-0.1, -0.05) is 17.7 Å². The molecule has 1 aromatic heterocycles. The summed E-state index contributed by atoms with van der Waals surface area (Å²) in [4.78, 5) is 24.4. The van der Waals surface area contributed by atoms with Crippen LogP contribution in [0.3, 0.4) is 0 Å². The Balaban J connectivity index is 2.43. The predicted octanol–water partition coefficient (Wildman–Crippen LogP) is 1.52. The number of hydrogen-bond donors (Lipinski definition) is 1. The Morgan fingerprint density at radius 2 is 2.00 bits per heavy atom. The van der Waals surface area contributed by atoms with Gasteiger partial charge in [-0.25, -0.2) is 13.6 Å². The maximum atomic E-state index is 13.4. The normalized spacial score (nSPS) is 10.6. The fourth-order valence-electron chi connectivity index (χ4n) is 1.43. The lowest BCUT2D eigenvalue weighted by Crippen LogP contribution is -2.30. The number of halogens is 3. The number of benzene rings is 1. The van der Waals surface area contributed by atoms with Crippen molar-refractivity contribution in [2.75, 3.05) is 0 Å². The minimum absolute atomic E-state index is 0.113. The van der Waals surface area contributed by atoms with Crippen LogP contribution in [0.4, 0.5) is 8.78 Å². The Kier molecular flexibility index (Phi) is 3.29. The number of nitrogens with zero attached hydrogens (tertiary/aromatic N) is 1. The van der Waals surface area contributed by atoms with Crippen LogP contribution in [-0.2, 0) is 6.54 Å². The molecule has 2 aromatic rings. The first-order chi connectivity index (χ1) is 8.47. The molecule has 0 aliphatic carbocycles. The molecule has 1 aromatic carbocycles. The van der Waals surface area contributed by atoms with Crippen molar-refractivity contribution < 1.29 is 8.78 Å². The molecule has 0 radical (unpaired) electrons. The SMILES string of the molecule is O=c1[nH]c(=O)n(Cc2ccc(F)cc2F)cc1Cl. The Morgan fingerprint density at radius 3 is 2.67 bits per heavy atom. The van der Waals surface area contributed by atoms with E-state index in [9.17, 15) is 18.4 Å². The Morgan fingerprint density at radius 1 is 1.28 bits per heavy atom. The van der Waals surface area contributed by atoms with Gasteiger partial charge in [0.2, 0.25) is 0 Å². The summed E-state index contributed by atoms with van der Waals surface area (Å²) in [6.07, 6.45) is 1.10. The second-order valence-electron chi connectivity index (χ2n) is 3.60. The van der Waals surface area contributed by atoms with E-state index in [0.717, 1.165) is 16.8 Å². The molecule has 0 saturated heterocycles. The predicted molar refractivity (Wildman–Crippen MR) is 61.8 cm³/mol. The topological polar surface area (TPSA) is 54.9 Å². The summed E-state index contributed by atoms with van der Waals surface area (Å²) in [6.45, 7) is -0.151. The molecule has 94 valence electrons. The minimum Gasteiger partial charge on any atom is -0.295 e. The lowest BCUT2D eigenvalue weighted by Gasteiger charge is -2.06. The number of hydrogen-bond acceptors (Lipinski definition) is 2. The molecule has 0 aliphatic rings. The third-order valence-electron chi connectivity index (χ3n) is 2.32. The van der Waals surface area contributed by atoms with Crippen LogP contribution in [0.1, 0.15) is 5.56 Å². The average Bonchev–Trinajstić information content (AvgIpc) is 2.29. The van der Waals surface area contributed by atoms with Crippen LogP contribution in [0.5, 0.6) is 0 Å². The zero-order chi connectivity index (χ0) is 13.3. The average molecular weight is 273 g/mol. The van der Waals surface area contributed by atoms with Gasteiger partial charge >= 0.3 is 5.69 Å². The first-order valence-electron chi connectivity index (χ1n) is 4.90. The number of aromatic nitrogens is 2. The zero-order valence-electron chi connectivity index (χ0n) is 8.91. The van der Waals surface area contributed by atoms with Crippen LogP contribution in [0.25, 0.3) is 0 Å². The molecular formula is C11H7ClF2N2O2. The van der Waals surface area contributed by atoms with Gasteiger partial charge in [-0.3, -0.25) is 14.3 Å². The van der Waals surface area contributed by atoms with Crippen molar-refractivity contribution in [1.29, 1.82) is 0 Å². The van der Waals surface area contributed by atoms with Gasteiger partial charge in [-0.05, 0) is 6.07 Å². The van der Waals surface area contributed by atoms with Crippen molar-refractivity contribution in [3.8, 4) is 0 Å². The van der Waals surface area contributed by atoms with Crippen LogP contribution in [0, 0.1) is 11.6 Å². The van der Waals surface area contributed by atoms with E-state index in [0.29, 0.717) is 6.07 Å². The van der Waals surface area contributed by atoms with Gasteiger partial charge in [0.15, 0.2) is 0 Å². The van der Waals surface area contributed by atoms with E-state index in [1.165, 1.54) is 6.07 Å². The summed E-state index contributed by atoms with van der Waals surface area (Å²) in [7, 11) is 0. The van der Waals surface area contributed by atoms with Crippen LogP contribution in [0.2, 0.25) is 5.02 Å². The molecule has 18 heavy (non-hydrogen) atoms. The van der Waals surface area contributed by atoms with E-state index in [2.05, 4.69) is 0 Å². The number of H-pyrrole nitrogens is 1. The van der Waals surface area contributed by atoms with Crippen molar-refractivity contribution in [3.63, 3.8) is 0 Å². The van der Waals surface area contributed by atoms with E-state index < -0.39 is 22.9 Å². The third kappa shape index (κ3) is 2.48. The number of nitrogens with one attached hydrogen (secondary N) is 1. The molecule has 0 saturated carbocycles. The molecule has 0 unspecified atom stereocenters. The minimum atomic E-state index is -0.774. The van der Waals surface area contributed by atoms with Gasteiger partial charge in [0.1, 0.15) is 16.7 Å². The second kappa shape index (κ2) is 4.73. The van der Waals surface area contributed by atoms with E-state index in [1.807, 2.05) is 4.98 Å². The molecular weight excluding hydrogens is 266 g/mol. The zero-order valence-corrected chi connectivity index (χ0v) is 9.67. The van der Waals surface area contributed by atoms with E-state index in [-0.39, 0.29) is 17.1 Å². The highest BCUT2D eigenvalue weighted by molar-refractivity contribution is 6.30. The fourth-order valence-corrected chi connectivity index (χ4v) is 1.60. The molecule has 4 nitrogen and oxygen atoms in total. The maximum Gasteiger partial charge on any atom is 0.328 e. The summed E-state index contributed by atoms with van der Waals surface area (Å²) in [6, 6.07) is 3.01. The first-order valence-corrected chi connectivity index (χ1v) is 5.28. The van der Waals surface area contributed by atoms with Gasteiger partial charge in [0.25, 0.3) is 5.56 Å². The Bertz CT molecular complexity index is 709. The molecule has 1 heterocycles. The molecule has 1 N–H and O–H groups in total. The van der Waals surface area contributed by atoms with E-state index in [4.69, 9.17) is 11.6 Å².